The minimum absolute atomic E-state index is 0.833. The van der Waals surface area contributed by atoms with Crippen LogP contribution < -0.4 is 0 Å². The molecule has 2 N–H and O–H groups in total. The Morgan fingerprint density at radius 3 is 0.913 bits per heavy atom. The summed E-state index contributed by atoms with van der Waals surface area (Å²) in [5, 5.41) is 0. The molecule has 0 atom stereocenters. The van der Waals surface area contributed by atoms with Crippen LogP contribution in [-0.2, 0) is 9.13 Å². The number of nitrogens with zero attached hydrogens (tertiary/aromatic N) is 1. The zero-order valence-corrected chi connectivity index (χ0v) is 17.3. The molecule has 140 valence electrons. The third-order valence-electron chi connectivity index (χ3n) is 3.94. The molecule has 0 saturated heterocycles. The van der Waals surface area contributed by atoms with E-state index in [0.29, 0.717) is 0 Å². The monoisotopic (exact) mass is 370 g/mol. The van der Waals surface area contributed by atoms with E-state index in [1.807, 2.05) is 0 Å². The first-order valence-corrected chi connectivity index (χ1v) is 10.4. The molecule has 0 unspecified atom stereocenters. The number of hydrogen-bond acceptors (Lipinski definition) is 2. The average Bonchev–Trinajstić information content (AvgIpc) is 2.55. The van der Waals surface area contributed by atoms with Crippen LogP contribution in [0.25, 0.3) is 0 Å². The summed E-state index contributed by atoms with van der Waals surface area (Å²) in [5.74, 6) is 0. The van der Waals surface area contributed by atoms with Crippen molar-refractivity contribution in [2.24, 2.45) is 0 Å². The zero-order valence-electron chi connectivity index (χ0n) is 15.5. The van der Waals surface area contributed by atoms with Crippen molar-refractivity contribution in [1.82, 2.24) is 0 Å². The first-order chi connectivity index (χ1) is 11.1. The molecule has 0 saturated carbocycles. The summed E-state index contributed by atoms with van der Waals surface area (Å²) in [6, 6.07) is 0. The first kappa shape index (κ1) is 27.9. The minimum atomic E-state index is -0.833. The topological polar surface area (TPSA) is 74.6 Å². The molecular formula is C16H38NO4P2+. The lowest BCUT2D eigenvalue weighted by Crippen LogP contribution is -2.50. The molecule has 23 heavy (non-hydrogen) atoms. The highest BCUT2D eigenvalue weighted by molar-refractivity contribution is 7.16. The predicted molar refractivity (Wildman–Crippen MR) is 99.0 cm³/mol. The van der Waals surface area contributed by atoms with Gasteiger partial charge in [-0.2, -0.15) is 0 Å². The van der Waals surface area contributed by atoms with Crippen LogP contribution in [0, 0.1) is 0 Å². The largest absolute Gasteiger partial charge is 0.324 e. The van der Waals surface area contributed by atoms with Crippen molar-refractivity contribution in [3.63, 3.8) is 0 Å². The van der Waals surface area contributed by atoms with Crippen LogP contribution >= 0.6 is 17.4 Å². The van der Waals surface area contributed by atoms with Gasteiger partial charge in [0.25, 0.3) is 0 Å². The van der Waals surface area contributed by atoms with Crippen LogP contribution in [0.1, 0.15) is 79.1 Å². The molecule has 0 aromatic heterocycles. The number of hydrogen-bond donors (Lipinski definition) is 2. The molecule has 0 rings (SSSR count). The van der Waals surface area contributed by atoms with Gasteiger partial charge in [0, 0.05) is 0 Å². The van der Waals surface area contributed by atoms with Gasteiger partial charge in [-0.15, -0.1) is 0 Å². The smallest absolute Gasteiger partial charge is 0.324 e. The predicted octanol–water partition coefficient (Wildman–Crippen LogP) is 5.37. The van der Waals surface area contributed by atoms with Crippen LogP contribution in [-0.4, -0.2) is 40.4 Å². The number of quaternary nitrogens is 1. The molecule has 0 radical (unpaired) electrons. The van der Waals surface area contributed by atoms with Gasteiger partial charge in [0.05, 0.1) is 26.2 Å². The van der Waals surface area contributed by atoms with E-state index in [9.17, 15) is 0 Å². The molecule has 7 heteroatoms. The lowest BCUT2D eigenvalue weighted by molar-refractivity contribution is -0.929. The van der Waals surface area contributed by atoms with E-state index in [0.717, 1.165) is 0 Å². The van der Waals surface area contributed by atoms with Gasteiger partial charge in [-0.1, -0.05) is 53.4 Å². The van der Waals surface area contributed by atoms with Gasteiger partial charge >= 0.3 is 17.4 Å². The lowest BCUT2D eigenvalue weighted by Gasteiger charge is -2.39. The van der Waals surface area contributed by atoms with Crippen molar-refractivity contribution in [2.75, 3.05) is 26.2 Å². The van der Waals surface area contributed by atoms with E-state index in [-0.39, 0.29) is 0 Å². The van der Waals surface area contributed by atoms with E-state index in [1.165, 1.54) is 82.0 Å². The Labute approximate surface area is 146 Å². The maximum Gasteiger partial charge on any atom is 0.324 e. The van der Waals surface area contributed by atoms with E-state index < -0.39 is 17.4 Å². The van der Waals surface area contributed by atoms with Crippen LogP contribution in [0.2, 0.25) is 0 Å². The summed E-state index contributed by atoms with van der Waals surface area (Å²) in [6.07, 6.45) is 11.1. The zero-order chi connectivity index (χ0) is 18.4. The number of rotatable bonds is 12. The number of unbranched alkanes of at least 4 members (excludes halogenated alkanes) is 4. The summed E-state index contributed by atoms with van der Waals surface area (Å²) in [5.41, 5.74) is 0. The van der Waals surface area contributed by atoms with Crippen molar-refractivity contribution in [3.8, 4) is 0 Å². The second kappa shape index (κ2) is 24.3. The van der Waals surface area contributed by atoms with Crippen LogP contribution in [0.15, 0.2) is 0 Å². The quantitative estimate of drug-likeness (QED) is 0.357. The van der Waals surface area contributed by atoms with Crippen molar-refractivity contribution in [1.29, 1.82) is 0 Å². The van der Waals surface area contributed by atoms with Crippen LogP contribution in [0.3, 0.4) is 0 Å². The molecule has 0 bridgehead atoms. The van der Waals surface area contributed by atoms with Gasteiger partial charge in [0.15, 0.2) is 0 Å². The minimum Gasteiger partial charge on any atom is -0.324 e. The van der Waals surface area contributed by atoms with E-state index >= 15 is 0 Å². The van der Waals surface area contributed by atoms with Crippen LogP contribution in [0.5, 0.6) is 0 Å². The second-order valence-electron chi connectivity index (χ2n) is 5.81. The normalized spacial score (nSPS) is 10.7. The van der Waals surface area contributed by atoms with E-state index in [2.05, 4.69) is 27.7 Å². The highest BCUT2D eigenvalue weighted by atomic mass is 31.1. The highest BCUT2D eigenvalue weighted by Crippen LogP contribution is 2.16. The molecule has 0 aliphatic carbocycles. The summed E-state index contributed by atoms with van der Waals surface area (Å²) in [6.45, 7) is 15.0. The fourth-order valence-electron chi connectivity index (χ4n) is 2.64. The van der Waals surface area contributed by atoms with Gasteiger partial charge in [0.2, 0.25) is 0 Å². The molecule has 0 aromatic carbocycles. The summed E-state index contributed by atoms with van der Waals surface area (Å²) in [4.78, 5) is 14.0. The fourth-order valence-corrected chi connectivity index (χ4v) is 2.64. The van der Waals surface area contributed by atoms with E-state index in [1.54, 1.807) is 0 Å². The van der Waals surface area contributed by atoms with Gasteiger partial charge in [-0.25, -0.2) is 9.13 Å². The summed E-state index contributed by atoms with van der Waals surface area (Å²) in [7, 11) is -1.67. The molecule has 0 aliphatic heterocycles. The first-order valence-electron chi connectivity index (χ1n) is 8.86. The van der Waals surface area contributed by atoms with Gasteiger partial charge in [-0.05, 0) is 25.7 Å². The molecule has 0 heterocycles. The molecule has 0 fully saturated rings. The van der Waals surface area contributed by atoms with Crippen molar-refractivity contribution < 1.29 is 23.4 Å². The third-order valence-corrected chi connectivity index (χ3v) is 3.94. The Kier molecular flexibility index (Phi) is 29.5. The van der Waals surface area contributed by atoms with Gasteiger partial charge < -0.3 is 14.3 Å². The van der Waals surface area contributed by atoms with Crippen molar-refractivity contribution >= 4 is 17.4 Å². The fraction of sp³-hybridized carbons (Fsp3) is 1.00. The maximum atomic E-state index is 8.46. The standard InChI is InChI=1S/C16H36N.2HO2P/c1-5-9-13-17(14-10-6-2,15-11-7-3)16-12-8-4;2*1-3-2/h5-16H2,1-4H3;2*(H,1,2)/q+1;;. The lowest BCUT2D eigenvalue weighted by atomic mass is 10.1. The second-order valence-corrected chi connectivity index (χ2v) is 6.14. The molecule has 0 amide bonds. The van der Waals surface area contributed by atoms with Crippen molar-refractivity contribution in [3.05, 3.63) is 0 Å². The Hall–Kier alpha value is 0.0800. The Bertz CT molecular complexity index is 201. The highest BCUT2D eigenvalue weighted by Gasteiger charge is 2.24. The summed E-state index contributed by atoms with van der Waals surface area (Å²) >= 11 is 0. The van der Waals surface area contributed by atoms with Gasteiger partial charge in [-0.3, -0.25) is 0 Å². The summed E-state index contributed by atoms with van der Waals surface area (Å²) < 4.78 is 18.3. The van der Waals surface area contributed by atoms with E-state index in [4.69, 9.17) is 18.9 Å². The van der Waals surface area contributed by atoms with Crippen LogP contribution in [0.4, 0.5) is 0 Å². The molecular weight excluding hydrogens is 332 g/mol. The Morgan fingerprint density at radius 2 is 0.783 bits per heavy atom. The maximum absolute atomic E-state index is 8.46. The Balaban J connectivity index is -0.000000573. The molecule has 5 nitrogen and oxygen atoms in total. The molecule has 0 spiro atoms. The van der Waals surface area contributed by atoms with Crippen molar-refractivity contribution in [2.45, 2.75) is 79.1 Å². The van der Waals surface area contributed by atoms with Gasteiger partial charge in [0.1, 0.15) is 0 Å². The third kappa shape index (κ3) is 22.1. The molecule has 0 aromatic rings. The Morgan fingerprint density at radius 1 is 0.609 bits per heavy atom. The average molecular weight is 370 g/mol. The molecule has 0 aliphatic rings. The SMILES string of the molecule is CCCC[N+](CCCC)(CCCC)CCCC.O=PO.O=PO.